The third-order valence-corrected chi connectivity index (χ3v) is 2.73. The maximum atomic E-state index is 11.0. The van der Waals surface area contributed by atoms with E-state index in [1.807, 2.05) is 26.0 Å². The first kappa shape index (κ1) is 20.2. The van der Waals surface area contributed by atoms with Gasteiger partial charge in [-0.05, 0) is 37.1 Å². The van der Waals surface area contributed by atoms with Crippen molar-refractivity contribution in [1.82, 2.24) is 0 Å². The van der Waals surface area contributed by atoms with Crippen LogP contribution in [-0.2, 0) is 11.2 Å². The van der Waals surface area contributed by atoms with Crippen molar-refractivity contribution in [2.24, 2.45) is 5.73 Å². The summed E-state index contributed by atoms with van der Waals surface area (Å²) in [7, 11) is 0. The first-order valence-electron chi connectivity index (χ1n) is 7.27. The van der Waals surface area contributed by atoms with Gasteiger partial charge in [0.15, 0.2) is 6.61 Å². The molecule has 1 aromatic carbocycles. The highest BCUT2D eigenvalue weighted by Crippen LogP contribution is 2.20. The number of hydrogen-bond acceptors (Lipinski definition) is 5. The molecule has 0 aliphatic rings. The Balaban J connectivity index is 0.00000232. The molecule has 0 saturated heterocycles. The number of rotatable bonds is 7. The van der Waals surface area contributed by atoms with E-state index in [2.05, 4.69) is 0 Å². The van der Waals surface area contributed by atoms with Crippen molar-refractivity contribution in [3.8, 4) is 17.9 Å². The summed E-state index contributed by atoms with van der Waals surface area (Å²) in [6.07, 6.45) is 2.26. The van der Waals surface area contributed by atoms with Crippen LogP contribution in [0.1, 0.15) is 31.4 Å². The molecule has 6 nitrogen and oxygen atoms in total. The molecule has 0 aromatic heterocycles. The zero-order valence-electron chi connectivity index (χ0n) is 13.4. The molecule has 0 spiro atoms. The molecule has 23 heavy (non-hydrogen) atoms. The largest absolute Gasteiger partial charge is 0.478 e. The highest BCUT2D eigenvalue weighted by molar-refractivity contribution is 5.86. The van der Waals surface area contributed by atoms with E-state index in [1.54, 1.807) is 24.3 Å². The van der Waals surface area contributed by atoms with Gasteiger partial charge in [0.1, 0.15) is 17.9 Å². The van der Waals surface area contributed by atoms with E-state index in [-0.39, 0.29) is 18.7 Å². The van der Waals surface area contributed by atoms with Crippen molar-refractivity contribution in [2.45, 2.75) is 26.7 Å². The van der Waals surface area contributed by atoms with Gasteiger partial charge < -0.3 is 15.6 Å². The second-order valence-electron chi connectivity index (χ2n) is 4.17. The smallest absolute Gasteiger partial charge is 0.331 e. The molecule has 0 radical (unpaired) electrons. The minimum Gasteiger partial charge on any atom is -0.478 e. The van der Waals surface area contributed by atoms with Gasteiger partial charge in [0.05, 0.1) is 5.56 Å². The van der Waals surface area contributed by atoms with Gasteiger partial charge in [-0.15, -0.1) is 0 Å². The number of aliphatic carboxylic acids is 1. The minimum atomic E-state index is -0.991. The molecule has 0 amide bonds. The molecule has 0 unspecified atom stereocenters. The summed E-state index contributed by atoms with van der Waals surface area (Å²) >= 11 is 0. The van der Waals surface area contributed by atoms with E-state index in [0.29, 0.717) is 24.2 Å². The molecule has 0 fully saturated rings. The molecular weight excluding hydrogens is 294 g/mol. The average molecular weight is 315 g/mol. The number of nitriles is 2. The van der Waals surface area contributed by atoms with Gasteiger partial charge in [-0.2, -0.15) is 10.5 Å². The number of hydrogen-bond donors (Lipinski definition) is 2. The maximum Gasteiger partial charge on any atom is 0.331 e. The van der Waals surface area contributed by atoms with Crippen molar-refractivity contribution in [3.05, 3.63) is 41.0 Å². The van der Waals surface area contributed by atoms with Crippen molar-refractivity contribution in [1.29, 1.82) is 10.5 Å². The van der Waals surface area contributed by atoms with Crippen LogP contribution in [-0.4, -0.2) is 24.2 Å². The molecule has 0 aliphatic heterocycles. The molecule has 0 bridgehead atoms. The number of carboxylic acids is 1. The first-order chi connectivity index (χ1) is 11.1. The highest BCUT2D eigenvalue weighted by atomic mass is 16.5. The zero-order valence-corrected chi connectivity index (χ0v) is 13.4. The summed E-state index contributed by atoms with van der Waals surface area (Å²) in [6.45, 7) is 4.14. The Labute approximate surface area is 136 Å². The highest BCUT2D eigenvalue weighted by Gasteiger charge is 2.07. The molecule has 0 aliphatic carbocycles. The van der Waals surface area contributed by atoms with Crippen molar-refractivity contribution < 1.29 is 14.6 Å². The van der Waals surface area contributed by atoms with E-state index in [1.165, 1.54) is 0 Å². The van der Waals surface area contributed by atoms with Crippen molar-refractivity contribution in [2.75, 3.05) is 13.2 Å². The Bertz CT molecular complexity index is 625. The molecule has 3 N–H and O–H groups in total. The maximum absolute atomic E-state index is 11.0. The first-order valence-corrected chi connectivity index (χ1v) is 7.27. The summed E-state index contributed by atoms with van der Waals surface area (Å²) in [5, 5.41) is 26.5. The summed E-state index contributed by atoms with van der Waals surface area (Å²) in [6, 6.07) is 8.76. The normalized spacial score (nSPS) is 9.87. The van der Waals surface area contributed by atoms with Crippen LogP contribution in [0.5, 0.6) is 5.75 Å². The fraction of sp³-hybridized carbons (Fsp3) is 0.353. The number of nitrogens with two attached hydrogens (primary N) is 1. The van der Waals surface area contributed by atoms with Crippen LogP contribution in [0.25, 0.3) is 0 Å². The summed E-state index contributed by atoms with van der Waals surface area (Å²) in [5.41, 5.74) is 6.70. The van der Waals surface area contributed by atoms with Gasteiger partial charge in [-0.25, -0.2) is 4.79 Å². The minimum absolute atomic E-state index is 0.131. The topological polar surface area (TPSA) is 120 Å². The molecule has 0 heterocycles. The summed E-state index contributed by atoms with van der Waals surface area (Å²) in [5.74, 6) is -0.651. The number of ether oxygens (including phenoxy) is 1. The molecule has 1 rings (SSSR count). The summed E-state index contributed by atoms with van der Waals surface area (Å²) < 4.78 is 5.12. The second-order valence-corrected chi connectivity index (χ2v) is 4.17. The average Bonchev–Trinajstić information content (AvgIpc) is 2.58. The Morgan fingerprint density at radius 2 is 2.09 bits per heavy atom. The number of allylic oxidation sites excluding steroid dienone is 1. The van der Waals surface area contributed by atoms with Crippen LogP contribution in [0.4, 0.5) is 0 Å². The number of carbonyl (C=O) groups is 1. The fourth-order valence-electron chi connectivity index (χ4n) is 1.72. The molecule has 6 heteroatoms. The molecular formula is C17H21N3O3. The lowest BCUT2D eigenvalue weighted by atomic mass is 10.0. The fourth-order valence-corrected chi connectivity index (χ4v) is 1.72. The number of carboxylic acid groups (broad SMARTS) is 1. The monoisotopic (exact) mass is 315 g/mol. The Morgan fingerprint density at radius 3 is 2.61 bits per heavy atom. The SMILES string of the molecule is CC.N#CCOc1ccc(C/C=C(\CCN)C(=O)O)cc1C#N. The van der Waals surface area contributed by atoms with Crippen molar-refractivity contribution in [3.63, 3.8) is 0 Å². The van der Waals surface area contributed by atoms with Crippen LogP contribution in [0.15, 0.2) is 29.8 Å². The van der Waals surface area contributed by atoms with Gasteiger partial charge in [0, 0.05) is 5.57 Å². The third kappa shape index (κ3) is 7.12. The van der Waals surface area contributed by atoms with Gasteiger partial charge in [0.2, 0.25) is 0 Å². The Kier molecular flexibility index (Phi) is 10.3. The zero-order chi connectivity index (χ0) is 17.7. The standard InChI is InChI=1S/C15H15N3O3.C2H6/c16-6-5-12(15(19)20)3-1-11-2-4-14(21-8-7-17)13(9-11)10-18;1-2/h2-4,9H,1,5-6,8,16H2,(H,19,20);1-2H3/b12-3+;. The van der Waals surface area contributed by atoms with E-state index in [4.69, 9.17) is 26.1 Å². The van der Waals surface area contributed by atoms with Gasteiger partial charge >= 0.3 is 5.97 Å². The van der Waals surface area contributed by atoms with Crippen LogP contribution in [0, 0.1) is 22.7 Å². The van der Waals surface area contributed by atoms with E-state index in [9.17, 15) is 4.79 Å². The van der Waals surface area contributed by atoms with Crippen LogP contribution >= 0.6 is 0 Å². The van der Waals surface area contributed by atoms with E-state index in [0.717, 1.165) is 5.56 Å². The van der Waals surface area contributed by atoms with Crippen LogP contribution < -0.4 is 10.5 Å². The third-order valence-electron chi connectivity index (χ3n) is 2.73. The molecule has 0 atom stereocenters. The van der Waals surface area contributed by atoms with E-state index < -0.39 is 5.97 Å². The quantitative estimate of drug-likeness (QED) is 0.745. The lowest BCUT2D eigenvalue weighted by Gasteiger charge is -2.06. The van der Waals surface area contributed by atoms with Gasteiger partial charge in [0.25, 0.3) is 0 Å². The lowest BCUT2D eigenvalue weighted by Crippen LogP contribution is -2.08. The summed E-state index contributed by atoms with van der Waals surface area (Å²) in [4.78, 5) is 11.0. The molecule has 122 valence electrons. The number of nitrogens with zero attached hydrogens (tertiary/aromatic N) is 2. The van der Waals surface area contributed by atoms with Crippen LogP contribution in [0.3, 0.4) is 0 Å². The van der Waals surface area contributed by atoms with Gasteiger partial charge in [-0.1, -0.05) is 26.0 Å². The predicted molar refractivity (Wildman–Crippen MR) is 86.7 cm³/mol. The van der Waals surface area contributed by atoms with Gasteiger partial charge in [-0.3, -0.25) is 0 Å². The van der Waals surface area contributed by atoms with Crippen LogP contribution in [0.2, 0.25) is 0 Å². The molecule has 0 saturated carbocycles. The Morgan fingerprint density at radius 1 is 1.39 bits per heavy atom. The second kappa shape index (κ2) is 11.8. The predicted octanol–water partition coefficient (Wildman–Crippen LogP) is 2.39. The number of benzene rings is 1. The lowest BCUT2D eigenvalue weighted by molar-refractivity contribution is -0.132. The van der Waals surface area contributed by atoms with E-state index >= 15 is 0 Å². The Hall–Kier alpha value is -2.83. The van der Waals surface area contributed by atoms with Crippen molar-refractivity contribution >= 4 is 5.97 Å². The molecule has 1 aromatic rings.